The van der Waals surface area contributed by atoms with E-state index in [2.05, 4.69) is 6.07 Å². The number of ether oxygens (including phenoxy) is 4. The number of esters is 2. The highest BCUT2D eigenvalue weighted by Gasteiger charge is 2.27. The van der Waals surface area contributed by atoms with Crippen LogP contribution in [0.4, 0.5) is 0 Å². The molecular weight excluding hydrogens is 542 g/mol. The predicted octanol–water partition coefficient (Wildman–Crippen LogP) is 7.67. The zero-order valence-electron chi connectivity index (χ0n) is 24.0. The molecule has 0 aliphatic carbocycles. The molecule has 43 heavy (non-hydrogen) atoms. The first-order valence-corrected chi connectivity index (χ1v) is 14.3. The molecule has 2 heterocycles. The molecule has 0 bridgehead atoms. The molecule has 0 radical (unpaired) electrons. The van der Waals surface area contributed by atoms with E-state index >= 15 is 0 Å². The summed E-state index contributed by atoms with van der Waals surface area (Å²) >= 11 is 0. The second-order valence-electron chi connectivity index (χ2n) is 10.1. The summed E-state index contributed by atoms with van der Waals surface area (Å²) in [5, 5.41) is 1.06. The molecule has 0 spiro atoms. The van der Waals surface area contributed by atoms with Crippen molar-refractivity contribution in [3.63, 3.8) is 0 Å². The van der Waals surface area contributed by atoms with E-state index in [-0.39, 0.29) is 19.8 Å². The zero-order chi connectivity index (χ0) is 29.8. The highest BCUT2D eigenvalue weighted by Crippen LogP contribution is 2.36. The summed E-state index contributed by atoms with van der Waals surface area (Å²) in [5.74, 6) is -0.801. The Kier molecular flexibility index (Phi) is 8.27. The second kappa shape index (κ2) is 12.6. The summed E-state index contributed by atoms with van der Waals surface area (Å²) in [6.07, 6.45) is -0.620. The topological polar surface area (TPSA) is 84.0 Å². The van der Waals surface area contributed by atoms with Crippen molar-refractivity contribution < 1.29 is 28.5 Å². The van der Waals surface area contributed by atoms with Crippen LogP contribution in [0.5, 0.6) is 0 Å². The van der Waals surface area contributed by atoms with Gasteiger partial charge >= 0.3 is 11.9 Å². The Labute approximate surface area is 250 Å². The lowest BCUT2D eigenvalue weighted by Gasteiger charge is -2.17. The van der Waals surface area contributed by atoms with E-state index in [1.54, 1.807) is 26.0 Å². The number of aromatic nitrogens is 1. The van der Waals surface area contributed by atoms with Gasteiger partial charge < -0.3 is 18.9 Å². The first kappa shape index (κ1) is 28.3. The summed E-state index contributed by atoms with van der Waals surface area (Å²) in [6.45, 7) is 4.73. The summed E-state index contributed by atoms with van der Waals surface area (Å²) in [6, 6.07) is 30.7. The molecule has 0 amide bonds. The fourth-order valence-electron chi connectivity index (χ4n) is 5.37. The Bertz CT molecular complexity index is 1730. The molecular formula is C36H31NO6. The summed E-state index contributed by atoms with van der Waals surface area (Å²) in [4.78, 5) is 30.6. The molecule has 1 atom stereocenters. The van der Waals surface area contributed by atoms with Gasteiger partial charge in [-0.15, -0.1) is 0 Å². The fourth-order valence-corrected chi connectivity index (χ4v) is 5.37. The lowest BCUT2D eigenvalue weighted by atomic mass is 9.92. The largest absolute Gasteiger partial charge is 0.462 e. The molecule has 216 valence electrons. The molecule has 0 saturated heterocycles. The van der Waals surface area contributed by atoms with Gasteiger partial charge in [-0.3, -0.25) is 0 Å². The van der Waals surface area contributed by atoms with Crippen LogP contribution in [0.25, 0.3) is 33.2 Å². The van der Waals surface area contributed by atoms with Crippen LogP contribution >= 0.6 is 0 Å². The average molecular weight is 574 g/mol. The molecule has 1 aliphatic heterocycles. The maximum Gasteiger partial charge on any atom is 0.338 e. The van der Waals surface area contributed by atoms with Crippen molar-refractivity contribution in [1.29, 1.82) is 0 Å². The Balaban J connectivity index is 1.40. The van der Waals surface area contributed by atoms with Gasteiger partial charge in [0.1, 0.15) is 5.69 Å². The molecule has 5 aromatic rings. The minimum Gasteiger partial charge on any atom is -0.462 e. The zero-order valence-corrected chi connectivity index (χ0v) is 24.0. The first-order chi connectivity index (χ1) is 21.1. The van der Waals surface area contributed by atoms with Crippen LogP contribution < -0.4 is 0 Å². The van der Waals surface area contributed by atoms with Crippen molar-refractivity contribution in [1.82, 2.24) is 4.98 Å². The Morgan fingerprint density at radius 2 is 1.35 bits per heavy atom. The third-order valence-electron chi connectivity index (χ3n) is 7.31. The molecule has 0 saturated carbocycles. The first-order valence-electron chi connectivity index (χ1n) is 14.3. The van der Waals surface area contributed by atoms with Crippen molar-refractivity contribution in [2.45, 2.75) is 33.4 Å². The standard InChI is InChI=1S/C36H31NO6/c1-3-40-34(38)30-14-8-6-12-28(30)25-17-23(18-26(20-25)29-13-7-9-15-31(29)35(39)41-4-2)21-42-36-33-27(22-43-36)19-24-11-5-10-16-32(24)37-33/h5-20,36H,3-4,21-22H2,1-2H3. The number of hydrogen-bond acceptors (Lipinski definition) is 7. The molecule has 4 aromatic carbocycles. The van der Waals surface area contributed by atoms with Crippen LogP contribution in [0.2, 0.25) is 0 Å². The fraction of sp³-hybridized carbons (Fsp3) is 0.194. The van der Waals surface area contributed by atoms with E-state index in [9.17, 15) is 9.59 Å². The van der Waals surface area contributed by atoms with Gasteiger partial charge in [0.15, 0.2) is 0 Å². The number of rotatable bonds is 9. The number of hydrogen-bond donors (Lipinski definition) is 0. The smallest absolute Gasteiger partial charge is 0.338 e. The molecule has 7 heteroatoms. The number of carbonyl (C=O) groups is 2. The number of benzene rings is 4. The van der Waals surface area contributed by atoms with Crippen molar-refractivity contribution in [3.8, 4) is 22.3 Å². The van der Waals surface area contributed by atoms with Crippen molar-refractivity contribution in [2.24, 2.45) is 0 Å². The Hall–Kier alpha value is -4.85. The Morgan fingerprint density at radius 3 is 1.98 bits per heavy atom. The maximum absolute atomic E-state index is 12.9. The number of carbonyl (C=O) groups excluding carboxylic acids is 2. The third-order valence-corrected chi connectivity index (χ3v) is 7.31. The van der Waals surface area contributed by atoms with Crippen LogP contribution in [0.1, 0.15) is 57.7 Å². The van der Waals surface area contributed by atoms with Crippen LogP contribution in [0.3, 0.4) is 0 Å². The van der Waals surface area contributed by atoms with Gasteiger partial charge in [-0.2, -0.15) is 0 Å². The molecule has 0 fully saturated rings. The molecule has 6 rings (SSSR count). The molecule has 1 unspecified atom stereocenters. The molecule has 7 nitrogen and oxygen atoms in total. The normalized spacial score (nSPS) is 14.0. The van der Waals surface area contributed by atoms with Crippen LogP contribution in [-0.4, -0.2) is 30.1 Å². The maximum atomic E-state index is 12.9. The van der Waals surface area contributed by atoms with E-state index in [0.717, 1.165) is 38.9 Å². The SMILES string of the molecule is CCOC(=O)c1ccccc1-c1cc(COC2OCc3cc4ccccc4nc32)cc(-c2ccccc2C(=O)OCC)c1. The van der Waals surface area contributed by atoms with Gasteiger partial charge in [0.05, 0.1) is 43.1 Å². The summed E-state index contributed by atoms with van der Waals surface area (Å²) in [5.41, 5.74) is 7.41. The number of para-hydroxylation sites is 1. The molecule has 1 aromatic heterocycles. The monoisotopic (exact) mass is 573 g/mol. The van der Waals surface area contributed by atoms with Crippen molar-refractivity contribution in [2.75, 3.05) is 13.2 Å². The molecule has 1 aliphatic rings. The van der Waals surface area contributed by atoms with E-state index in [0.29, 0.717) is 28.9 Å². The predicted molar refractivity (Wildman–Crippen MR) is 163 cm³/mol. The number of pyridine rings is 1. The van der Waals surface area contributed by atoms with Crippen LogP contribution in [0.15, 0.2) is 97.1 Å². The lowest BCUT2D eigenvalue weighted by molar-refractivity contribution is -0.147. The van der Waals surface area contributed by atoms with E-state index in [1.807, 2.05) is 78.9 Å². The average Bonchev–Trinajstić information content (AvgIpc) is 3.44. The second-order valence-corrected chi connectivity index (χ2v) is 10.1. The van der Waals surface area contributed by atoms with Crippen molar-refractivity contribution in [3.05, 3.63) is 125 Å². The summed E-state index contributed by atoms with van der Waals surface area (Å²) in [7, 11) is 0. The van der Waals surface area contributed by atoms with E-state index in [1.165, 1.54) is 0 Å². The van der Waals surface area contributed by atoms with Gasteiger partial charge in [0.2, 0.25) is 6.29 Å². The quantitative estimate of drug-likeness (QED) is 0.167. The van der Waals surface area contributed by atoms with E-state index in [4.69, 9.17) is 23.9 Å². The van der Waals surface area contributed by atoms with Gasteiger partial charge in [0, 0.05) is 10.9 Å². The Morgan fingerprint density at radius 1 is 0.767 bits per heavy atom. The van der Waals surface area contributed by atoms with Crippen LogP contribution in [0, 0.1) is 0 Å². The summed E-state index contributed by atoms with van der Waals surface area (Å²) < 4.78 is 23.0. The minimum atomic E-state index is -0.620. The van der Waals surface area contributed by atoms with Gasteiger partial charge in [-0.25, -0.2) is 14.6 Å². The minimum absolute atomic E-state index is 0.211. The van der Waals surface area contributed by atoms with Crippen molar-refractivity contribution >= 4 is 22.8 Å². The van der Waals surface area contributed by atoms with E-state index < -0.39 is 18.2 Å². The number of nitrogens with zero attached hydrogens (tertiary/aromatic N) is 1. The van der Waals surface area contributed by atoms with Gasteiger partial charge in [-0.1, -0.05) is 54.6 Å². The lowest BCUT2D eigenvalue weighted by Crippen LogP contribution is -2.08. The number of fused-ring (bicyclic) bond motifs is 2. The van der Waals surface area contributed by atoms with Gasteiger partial charge in [-0.05, 0) is 84.1 Å². The third kappa shape index (κ3) is 5.91. The molecule has 0 N–H and O–H groups in total. The van der Waals surface area contributed by atoms with Crippen LogP contribution in [-0.2, 0) is 32.2 Å². The van der Waals surface area contributed by atoms with Gasteiger partial charge in [0.25, 0.3) is 0 Å². The highest BCUT2D eigenvalue weighted by molar-refractivity contribution is 6.00. The highest BCUT2D eigenvalue weighted by atomic mass is 16.7.